The SMILES string of the molecule is CC(C)N(C)[C@@H]1CC[C@H](N2CC[C@H](N)C2=O)C(C)(C(=O)O)C1. The summed E-state index contributed by atoms with van der Waals surface area (Å²) in [7, 11) is 2.05. The molecule has 0 bridgehead atoms. The summed E-state index contributed by atoms with van der Waals surface area (Å²) in [6, 6.07) is -0.0952. The lowest BCUT2D eigenvalue weighted by Gasteiger charge is -2.48. The molecule has 6 nitrogen and oxygen atoms in total. The zero-order chi connectivity index (χ0) is 16.7. The van der Waals surface area contributed by atoms with Crippen LogP contribution in [0.1, 0.15) is 46.5 Å². The molecule has 0 spiro atoms. The van der Waals surface area contributed by atoms with Crippen molar-refractivity contribution < 1.29 is 14.7 Å². The summed E-state index contributed by atoms with van der Waals surface area (Å²) in [5.74, 6) is -0.902. The second-order valence-electron chi connectivity index (χ2n) is 7.36. The van der Waals surface area contributed by atoms with Crippen LogP contribution in [0.3, 0.4) is 0 Å². The van der Waals surface area contributed by atoms with Gasteiger partial charge < -0.3 is 20.6 Å². The number of hydrogen-bond donors (Lipinski definition) is 2. The molecule has 1 aliphatic carbocycles. The van der Waals surface area contributed by atoms with E-state index in [0.717, 1.165) is 12.8 Å². The molecule has 1 unspecified atom stereocenters. The minimum atomic E-state index is -0.911. The second-order valence-corrected chi connectivity index (χ2v) is 7.36. The van der Waals surface area contributed by atoms with E-state index in [4.69, 9.17) is 5.73 Å². The molecule has 4 atom stereocenters. The van der Waals surface area contributed by atoms with Gasteiger partial charge in [-0.1, -0.05) is 0 Å². The van der Waals surface area contributed by atoms with Crippen LogP contribution in [0.4, 0.5) is 0 Å². The number of carbonyl (C=O) groups excluding carboxylic acids is 1. The zero-order valence-electron chi connectivity index (χ0n) is 14.1. The largest absolute Gasteiger partial charge is 0.481 e. The Labute approximate surface area is 132 Å². The Morgan fingerprint density at radius 3 is 2.50 bits per heavy atom. The van der Waals surface area contributed by atoms with Gasteiger partial charge in [-0.3, -0.25) is 9.59 Å². The van der Waals surface area contributed by atoms with Crippen molar-refractivity contribution in [3.05, 3.63) is 0 Å². The molecule has 2 fully saturated rings. The number of carboxylic acid groups (broad SMARTS) is 1. The summed E-state index contributed by atoms with van der Waals surface area (Å²) in [4.78, 5) is 28.2. The zero-order valence-corrected chi connectivity index (χ0v) is 14.1. The molecule has 2 rings (SSSR count). The molecule has 22 heavy (non-hydrogen) atoms. The second kappa shape index (κ2) is 6.16. The molecule has 1 saturated carbocycles. The maximum atomic E-state index is 12.2. The first-order valence-corrected chi connectivity index (χ1v) is 8.20. The highest BCUT2D eigenvalue weighted by Gasteiger charge is 2.52. The summed E-state index contributed by atoms with van der Waals surface area (Å²) in [5, 5.41) is 9.83. The van der Waals surface area contributed by atoms with E-state index in [2.05, 4.69) is 25.8 Å². The number of nitrogens with two attached hydrogens (primary N) is 1. The molecule has 0 aromatic carbocycles. The van der Waals surface area contributed by atoms with Gasteiger partial charge in [-0.25, -0.2) is 0 Å². The highest BCUT2D eigenvalue weighted by Crippen LogP contribution is 2.42. The van der Waals surface area contributed by atoms with Gasteiger partial charge in [0.2, 0.25) is 5.91 Å². The summed E-state index contributed by atoms with van der Waals surface area (Å²) < 4.78 is 0. The van der Waals surface area contributed by atoms with Gasteiger partial charge in [0.15, 0.2) is 0 Å². The van der Waals surface area contributed by atoms with Crippen LogP contribution < -0.4 is 5.73 Å². The van der Waals surface area contributed by atoms with E-state index in [1.807, 2.05) is 0 Å². The van der Waals surface area contributed by atoms with Crippen molar-refractivity contribution in [1.29, 1.82) is 0 Å². The predicted molar refractivity (Wildman–Crippen MR) is 84.4 cm³/mol. The minimum absolute atomic E-state index is 0.0897. The Bertz CT molecular complexity index is 454. The molecule has 0 aromatic heterocycles. The van der Waals surface area contributed by atoms with E-state index in [0.29, 0.717) is 25.4 Å². The summed E-state index contributed by atoms with van der Waals surface area (Å²) in [6.07, 6.45) is 2.84. The molecule has 126 valence electrons. The van der Waals surface area contributed by atoms with Crippen LogP contribution in [0, 0.1) is 5.41 Å². The van der Waals surface area contributed by atoms with Gasteiger partial charge >= 0.3 is 5.97 Å². The van der Waals surface area contributed by atoms with Crippen molar-refractivity contribution in [2.24, 2.45) is 11.1 Å². The Morgan fingerprint density at radius 2 is 2.05 bits per heavy atom. The maximum Gasteiger partial charge on any atom is 0.311 e. The maximum absolute atomic E-state index is 12.2. The van der Waals surface area contributed by atoms with Crippen molar-refractivity contribution in [1.82, 2.24) is 9.80 Å². The molecule has 1 amide bonds. The molecule has 0 radical (unpaired) electrons. The normalized spacial score (nSPS) is 36.4. The number of likely N-dealkylation sites (tertiary alicyclic amines) is 1. The van der Waals surface area contributed by atoms with Gasteiger partial charge in [-0.05, 0) is 53.5 Å². The fourth-order valence-electron chi connectivity index (χ4n) is 3.93. The fraction of sp³-hybridized carbons (Fsp3) is 0.875. The molecular formula is C16H29N3O3. The van der Waals surface area contributed by atoms with Crippen molar-refractivity contribution >= 4 is 11.9 Å². The minimum Gasteiger partial charge on any atom is -0.481 e. The number of amides is 1. The fourth-order valence-corrected chi connectivity index (χ4v) is 3.93. The van der Waals surface area contributed by atoms with Crippen molar-refractivity contribution in [2.75, 3.05) is 13.6 Å². The summed E-state index contributed by atoms with van der Waals surface area (Å²) in [5.41, 5.74) is 4.90. The average Bonchev–Trinajstić information content (AvgIpc) is 2.78. The Hall–Kier alpha value is -1.14. The van der Waals surface area contributed by atoms with Crippen LogP contribution in [-0.2, 0) is 9.59 Å². The first kappa shape index (κ1) is 17.2. The number of rotatable bonds is 4. The number of carboxylic acids is 1. The van der Waals surface area contributed by atoms with Gasteiger partial charge in [0.05, 0.1) is 11.5 Å². The monoisotopic (exact) mass is 311 g/mol. The first-order chi connectivity index (χ1) is 10.2. The van der Waals surface area contributed by atoms with E-state index in [1.54, 1.807) is 11.8 Å². The van der Waals surface area contributed by atoms with Crippen LogP contribution in [0.25, 0.3) is 0 Å². The molecular weight excluding hydrogens is 282 g/mol. The predicted octanol–water partition coefficient (Wildman–Crippen LogP) is 0.898. The van der Waals surface area contributed by atoms with E-state index in [-0.39, 0.29) is 18.0 Å². The standard InChI is InChI=1S/C16H29N3O3/c1-10(2)18(4)11-5-6-13(16(3,9-11)15(21)22)19-8-7-12(17)14(19)20/h10-13H,5-9,17H2,1-4H3,(H,21,22)/t11-,12+,13+,16?/m1/s1. The van der Waals surface area contributed by atoms with Gasteiger partial charge in [0.25, 0.3) is 0 Å². The highest BCUT2D eigenvalue weighted by molar-refractivity contribution is 5.85. The van der Waals surface area contributed by atoms with E-state index in [9.17, 15) is 14.7 Å². The van der Waals surface area contributed by atoms with Crippen LogP contribution in [0.15, 0.2) is 0 Å². The van der Waals surface area contributed by atoms with E-state index < -0.39 is 17.4 Å². The molecule has 1 saturated heterocycles. The van der Waals surface area contributed by atoms with E-state index in [1.165, 1.54) is 0 Å². The number of hydrogen-bond acceptors (Lipinski definition) is 4. The molecule has 3 N–H and O–H groups in total. The number of nitrogens with zero attached hydrogens (tertiary/aromatic N) is 2. The van der Waals surface area contributed by atoms with Crippen LogP contribution in [0.5, 0.6) is 0 Å². The van der Waals surface area contributed by atoms with Crippen LogP contribution in [-0.4, -0.2) is 64.5 Å². The third-order valence-electron chi connectivity index (χ3n) is 5.71. The third kappa shape index (κ3) is 2.86. The van der Waals surface area contributed by atoms with Gasteiger partial charge in [0, 0.05) is 24.7 Å². The lowest BCUT2D eigenvalue weighted by Crippen LogP contribution is -2.58. The summed E-state index contributed by atoms with van der Waals surface area (Å²) in [6.45, 7) is 6.61. The topological polar surface area (TPSA) is 86.9 Å². The number of aliphatic carboxylic acids is 1. The van der Waals surface area contributed by atoms with Crippen molar-refractivity contribution in [3.8, 4) is 0 Å². The van der Waals surface area contributed by atoms with E-state index >= 15 is 0 Å². The molecule has 2 aliphatic rings. The Balaban J connectivity index is 2.22. The molecule has 1 aliphatic heterocycles. The summed E-state index contributed by atoms with van der Waals surface area (Å²) >= 11 is 0. The third-order valence-corrected chi connectivity index (χ3v) is 5.71. The molecule has 0 aromatic rings. The smallest absolute Gasteiger partial charge is 0.311 e. The van der Waals surface area contributed by atoms with Crippen molar-refractivity contribution in [3.63, 3.8) is 0 Å². The Morgan fingerprint density at radius 1 is 1.41 bits per heavy atom. The van der Waals surface area contributed by atoms with Crippen LogP contribution >= 0.6 is 0 Å². The van der Waals surface area contributed by atoms with Crippen molar-refractivity contribution in [2.45, 2.75) is 70.6 Å². The van der Waals surface area contributed by atoms with Gasteiger partial charge in [-0.15, -0.1) is 0 Å². The lowest BCUT2D eigenvalue weighted by molar-refractivity contribution is -0.159. The Kier molecular flexibility index (Phi) is 4.82. The number of carbonyl (C=O) groups is 2. The molecule has 1 heterocycles. The van der Waals surface area contributed by atoms with Gasteiger partial charge in [0.1, 0.15) is 0 Å². The first-order valence-electron chi connectivity index (χ1n) is 8.20. The van der Waals surface area contributed by atoms with Crippen LogP contribution in [0.2, 0.25) is 0 Å². The van der Waals surface area contributed by atoms with Gasteiger partial charge in [-0.2, -0.15) is 0 Å². The highest BCUT2D eigenvalue weighted by atomic mass is 16.4. The average molecular weight is 311 g/mol. The molecule has 6 heteroatoms. The lowest BCUT2D eigenvalue weighted by atomic mass is 9.68. The quantitative estimate of drug-likeness (QED) is 0.805.